The number of hydrogen-bond donors (Lipinski definition) is 3. The maximum absolute atomic E-state index is 12.2. The van der Waals surface area contributed by atoms with Gasteiger partial charge in [-0.2, -0.15) is 5.10 Å². The minimum atomic E-state index is 0.0945. The zero-order valence-corrected chi connectivity index (χ0v) is 11.9. The average molecular weight is 284 g/mol. The summed E-state index contributed by atoms with van der Waals surface area (Å²) in [7, 11) is 0. The zero-order chi connectivity index (χ0) is 14.7. The third-order valence-corrected chi connectivity index (χ3v) is 4.11. The van der Waals surface area contributed by atoms with Crippen molar-refractivity contribution in [2.24, 2.45) is 11.7 Å². The molecule has 1 saturated carbocycles. The van der Waals surface area contributed by atoms with Crippen molar-refractivity contribution in [3.05, 3.63) is 36.5 Å². The molecule has 1 aromatic carbocycles. The summed E-state index contributed by atoms with van der Waals surface area (Å²) in [5.41, 5.74) is 8.72. The molecule has 1 aliphatic rings. The first-order valence-corrected chi connectivity index (χ1v) is 7.38. The Kier molecular flexibility index (Phi) is 4.01. The van der Waals surface area contributed by atoms with Gasteiger partial charge < -0.3 is 11.1 Å². The molecule has 1 heterocycles. The number of rotatable bonds is 3. The molecule has 1 aliphatic carbocycles. The molecule has 110 valence electrons. The molecule has 0 atom stereocenters. The number of carbonyl (C=O) groups excluding carboxylic acids is 1. The number of anilines is 1. The molecule has 0 unspecified atom stereocenters. The number of carbonyl (C=O) groups is 1. The van der Waals surface area contributed by atoms with Crippen molar-refractivity contribution in [2.45, 2.75) is 31.7 Å². The van der Waals surface area contributed by atoms with Gasteiger partial charge in [-0.3, -0.25) is 9.89 Å². The van der Waals surface area contributed by atoms with Crippen LogP contribution in [-0.2, 0) is 4.79 Å². The lowest BCUT2D eigenvalue weighted by atomic mass is 9.86. The average Bonchev–Trinajstić information content (AvgIpc) is 3.03. The van der Waals surface area contributed by atoms with Crippen LogP contribution in [0.15, 0.2) is 36.5 Å². The molecular weight excluding hydrogens is 264 g/mol. The van der Waals surface area contributed by atoms with E-state index in [0.29, 0.717) is 0 Å². The van der Waals surface area contributed by atoms with Gasteiger partial charge in [-0.05, 0) is 49.4 Å². The Labute approximate surface area is 123 Å². The standard InChI is InChI=1S/C16H20N4O/c17-13-5-1-12(2-6-13)16(21)19-14-7-3-11(4-8-14)15-9-10-18-20-15/h3-4,7-10,12-13H,1-2,5-6,17H2,(H,18,20)(H,19,21). The van der Waals surface area contributed by atoms with Gasteiger partial charge in [0.1, 0.15) is 0 Å². The predicted molar refractivity (Wildman–Crippen MR) is 82.6 cm³/mol. The van der Waals surface area contributed by atoms with Crippen LogP contribution in [0, 0.1) is 5.92 Å². The molecule has 1 fully saturated rings. The minimum absolute atomic E-state index is 0.0945. The quantitative estimate of drug-likeness (QED) is 0.809. The number of hydrogen-bond acceptors (Lipinski definition) is 3. The lowest BCUT2D eigenvalue weighted by molar-refractivity contribution is -0.120. The Morgan fingerprint density at radius 3 is 2.48 bits per heavy atom. The molecule has 0 aliphatic heterocycles. The largest absolute Gasteiger partial charge is 0.328 e. The SMILES string of the molecule is NC1CCC(C(=O)Nc2ccc(-c3ccn[nH]3)cc2)CC1. The monoisotopic (exact) mass is 284 g/mol. The molecule has 1 amide bonds. The topological polar surface area (TPSA) is 83.8 Å². The maximum Gasteiger partial charge on any atom is 0.227 e. The van der Waals surface area contributed by atoms with E-state index in [9.17, 15) is 4.79 Å². The van der Waals surface area contributed by atoms with Crippen molar-refractivity contribution in [1.29, 1.82) is 0 Å². The molecule has 1 aromatic heterocycles. The van der Waals surface area contributed by atoms with Gasteiger partial charge in [0, 0.05) is 23.8 Å². The summed E-state index contributed by atoms with van der Waals surface area (Å²) >= 11 is 0. The van der Waals surface area contributed by atoms with Crippen LogP contribution in [0.1, 0.15) is 25.7 Å². The van der Waals surface area contributed by atoms with Crippen molar-refractivity contribution in [1.82, 2.24) is 10.2 Å². The highest BCUT2D eigenvalue weighted by Crippen LogP contribution is 2.25. The van der Waals surface area contributed by atoms with Crippen molar-refractivity contribution in [2.75, 3.05) is 5.32 Å². The Hall–Kier alpha value is -2.14. The highest BCUT2D eigenvalue weighted by molar-refractivity contribution is 5.92. The predicted octanol–water partition coefficient (Wildman–Crippen LogP) is 2.53. The molecule has 0 spiro atoms. The van der Waals surface area contributed by atoms with Gasteiger partial charge in [-0.25, -0.2) is 0 Å². The molecule has 5 heteroatoms. The molecule has 0 radical (unpaired) electrons. The van der Waals surface area contributed by atoms with Crippen LogP contribution in [0.5, 0.6) is 0 Å². The fraction of sp³-hybridized carbons (Fsp3) is 0.375. The summed E-state index contributed by atoms with van der Waals surface area (Å²) in [5.74, 6) is 0.202. The second kappa shape index (κ2) is 6.10. The van der Waals surface area contributed by atoms with Crippen LogP contribution in [0.2, 0.25) is 0 Å². The van der Waals surface area contributed by atoms with Gasteiger partial charge in [0.15, 0.2) is 0 Å². The minimum Gasteiger partial charge on any atom is -0.328 e. The number of aromatic nitrogens is 2. The molecule has 0 bridgehead atoms. The van der Waals surface area contributed by atoms with Gasteiger partial charge in [0.25, 0.3) is 0 Å². The summed E-state index contributed by atoms with van der Waals surface area (Å²) < 4.78 is 0. The van der Waals surface area contributed by atoms with Crippen molar-refractivity contribution in [3.63, 3.8) is 0 Å². The molecule has 2 aromatic rings. The third-order valence-electron chi connectivity index (χ3n) is 4.11. The Morgan fingerprint density at radius 2 is 1.86 bits per heavy atom. The summed E-state index contributed by atoms with van der Waals surface area (Å²) in [5, 5.41) is 9.85. The fourth-order valence-electron chi connectivity index (χ4n) is 2.78. The van der Waals surface area contributed by atoms with E-state index < -0.39 is 0 Å². The molecule has 21 heavy (non-hydrogen) atoms. The van der Waals surface area contributed by atoms with Crippen LogP contribution in [0.3, 0.4) is 0 Å². The summed E-state index contributed by atoms with van der Waals surface area (Å²) in [6.45, 7) is 0. The normalized spacial score (nSPS) is 22.0. The molecule has 5 nitrogen and oxygen atoms in total. The van der Waals surface area contributed by atoms with Gasteiger partial charge in [0.2, 0.25) is 5.91 Å². The van der Waals surface area contributed by atoms with Crippen LogP contribution < -0.4 is 11.1 Å². The zero-order valence-electron chi connectivity index (χ0n) is 11.9. The van der Waals surface area contributed by atoms with E-state index in [1.807, 2.05) is 30.3 Å². The van der Waals surface area contributed by atoms with E-state index in [2.05, 4.69) is 15.5 Å². The third kappa shape index (κ3) is 3.31. The van der Waals surface area contributed by atoms with E-state index in [-0.39, 0.29) is 17.9 Å². The number of nitrogens with one attached hydrogen (secondary N) is 2. The number of aromatic amines is 1. The van der Waals surface area contributed by atoms with E-state index >= 15 is 0 Å². The Bertz CT molecular complexity index is 583. The van der Waals surface area contributed by atoms with E-state index in [0.717, 1.165) is 42.6 Å². The lowest BCUT2D eigenvalue weighted by Crippen LogP contribution is -2.32. The number of nitrogens with two attached hydrogens (primary N) is 1. The van der Waals surface area contributed by atoms with Crippen LogP contribution in [-0.4, -0.2) is 22.1 Å². The van der Waals surface area contributed by atoms with Crippen molar-refractivity contribution < 1.29 is 4.79 Å². The molecule has 0 saturated heterocycles. The van der Waals surface area contributed by atoms with Gasteiger partial charge in [0.05, 0.1) is 5.69 Å². The number of H-pyrrole nitrogens is 1. The fourth-order valence-corrected chi connectivity index (χ4v) is 2.78. The first kappa shape index (κ1) is 13.8. The molecule has 4 N–H and O–H groups in total. The van der Waals surface area contributed by atoms with Crippen LogP contribution in [0.4, 0.5) is 5.69 Å². The summed E-state index contributed by atoms with van der Waals surface area (Å²) in [6, 6.07) is 9.96. The second-order valence-corrected chi connectivity index (χ2v) is 5.65. The van der Waals surface area contributed by atoms with Gasteiger partial charge in [-0.15, -0.1) is 0 Å². The first-order valence-electron chi connectivity index (χ1n) is 7.38. The second-order valence-electron chi connectivity index (χ2n) is 5.65. The van der Waals surface area contributed by atoms with Crippen molar-refractivity contribution >= 4 is 11.6 Å². The van der Waals surface area contributed by atoms with Gasteiger partial charge in [-0.1, -0.05) is 12.1 Å². The number of benzene rings is 1. The van der Waals surface area contributed by atoms with E-state index in [1.165, 1.54) is 0 Å². The van der Waals surface area contributed by atoms with E-state index in [4.69, 9.17) is 5.73 Å². The van der Waals surface area contributed by atoms with Gasteiger partial charge >= 0.3 is 0 Å². The summed E-state index contributed by atoms with van der Waals surface area (Å²) in [4.78, 5) is 12.2. The summed E-state index contributed by atoms with van der Waals surface area (Å²) in [6.07, 6.45) is 5.38. The van der Waals surface area contributed by atoms with Crippen LogP contribution in [0.25, 0.3) is 11.3 Å². The van der Waals surface area contributed by atoms with Crippen molar-refractivity contribution in [3.8, 4) is 11.3 Å². The Morgan fingerprint density at radius 1 is 1.14 bits per heavy atom. The maximum atomic E-state index is 12.2. The molecule has 3 rings (SSSR count). The number of nitrogens with zero attached hydrogens (tertiary/aromatic N) is 1. The van der Waals surface area contributed by atoms with Crippen LogP contribution >= 0.6 is 0 Å². The lowest BCUT2D eigenvalue weighted by Gasteiger charge is -2.25. The highest BCUT2D eigenvalue weighted by Gasteiger charge is 2.24. The molecular formula is C16H20N4O. The Balaban J connectivity index is 1.61. The number of amides is 1. The smallest absolute Gasteiger partial charge is 0.227 e. The first-order chi connectivity index (χ1) is 10.2. The van der Waals surface area contributed by atoms with E-state index in [1.54, 1.807) is 6.20 Å². The highest BCUT2D eigenvalue weighted by atomic mass is 16.1.